The van der Waals surface area contributed by atoms with Crippen molar-refractivity contribution in [2.24, 2.45) is 0 Å². The SMILES string of the molecule is Cc1ccc(C)c(C(=O)CSC(C)C(C)O)c1. The predicted molar refractivity (Wildman–Crippen MR) is 73.8 cm³/mol. The maximum Gasteiger partial charge on any atom is 0.173 e. The summed E-state index contributed by atoms with van der Waals surface area (Å²) in [6.07, 6.45) is -0.383. The Labute approximate surface area is 107 Å². The van der Waals surface area contributed by atoms with Crippen LogP contribution in [0.2, 0.25) is 0 Å². The lowest BCUT2D eigenvalue weighted by Crippen LogP contribution is -2.18. The molecule has 0 aliphatic carbocycles. The van der Waals surface area contributed by atoms with E-state index in [0.717, 1.165) is 16.7 Å². The topological polar surface area (TPSA) is 37.3 Å². The molecule has 94 valence electrons. The molecule has 0 aromatic heterocycles. The molecule has 1 N–H and O–H groups in total. The van der Waals surface area contributed by atoms with Crippen molar-refractivity contribution in [2.45, 2.75) is 39.0 Å². The van der Waals surface area contributed by atoms with Crippen LogP contribution in [0.4, 0.5) is 0 Å². The largest absolute Gasteiger partial charge is 0.392 e. The van der Waals surface area contributed by atoms with Gasteiger partial charge in [0.1, 0.15) is 0 Å². The van der Waals surface area contributed by atoms with E-state index >= 15 is 0 Å². The Bertz CT molecular complexity index is 399. The molecule has 0 amide bonds. The van der Waals surface area contributed by atoms with Crippen molar-refractivity contribution >= 4 is 17.5 Å². The highest BCUT2D eigenvalue weighted by atomic mass is 32.2. The lowest BCUT2D eigenvalue weighted by molar-refractivity contribution is 0.102. The summed E-state index contributed by atoms with van der Waals surface area (Å²) >= 11 is 1.50. The second-order valence-electron chi connectivity index (χ2n) is 4.50. The molecule has 1 aromatic carbocycles. The van der Waals surface area contributed by atoms with Crippen LogP contribution in [-0.2, 0) is 0 Å². The summed E-state index contributed by atoms with van der Waals surface area (Å²) in [6, 6.07) is 5.92. The second kappa shape index (κ2) is 6.22. The molecule has 1 rings (SSSR count). The Morgan fingerprint density at radius 2 is 2.00 bits per heavy atom. The van der Waals surface area contributed by atoms with Gasteiger partial charge < -0.3 is 5.11 Å². The van der Waals surface area contributed by atoms with Crippen LogP contribution in [0.1, 0.15) is 35.3 Å². The molecule has 2 unspecified atom stereocenters. The average Bonchev–Trinajstić information content (AvgIpc) is 2.28. The summed E-state index contributed by atoms with van der Waals surface area (Å²) in [5, 5.41) is 9.46. The van der Waals surface area contributed by atoms with E-state index in [0.29, 0.717) is 5.75 Å². The van der Waals surface area contributed by atoms with Crippen LogP contribution in [0.5, 0.6) is 0 Å². The molecule has 2 nitrogen and oxygen atoms in total. The Balaban J connectivity index is 2.67. The van der Waals surface area contributed by atoms with Crippen LogP contribution >= 0.6 is 11.8 Å². The number of carbonyl (C=O) groups excluding carboxylic acids is 1. The number of hydrogen-bond donors (Lipinski definition) is 1. The van der Waals surface area contributed by atoms with Crippen molar-refractivity contribution < 1.29 is 9.90 Å². The summed E-state index contributed by atoms with van der Waals surface area (Å²) in [5.41, 5.74) is 2.92. The third-order valence-electron chi connectivity index (χ3n) is 2.85. The van der Waals surface area contributed by atoms with Gasteiger partial charge in [-0.25, -0.2) is 0 Å². The molecule has 2 atom stereocenters. The van der Waals surface area contributed by atoms with Gasteiger partial charge in [0.15, 0.2) is 5.78 Å². The fourth-order valence-corrected chi connectivity index (χ4v) is 2.31. The number of thioether (sulfide) groups is 1. The van der Waals surface area contributed by atoms with Crippen LogP contribution in [0, 0.1) is 13.8 Å². The normalized spacial score (nSPS) is 14.4. The number of rotatable bonds is 5. The highest BCUT2D eigenvalue weighted by Crippen LogP contribution is 2.18. The maximum absolute atomic E-state index is 12.0. The van der Waals surface area contributed by atoms with Gasteiger partial charge in [-0.3, -0.25) is 4.79 Å². The lowest BCUT2D eigenvalue weighted by atomic mass is 10.0. The number of aliphatic hydroxyl groups excluding tert-OH is 1. The highest BCUT2D eigenvalue weighted by molar-refractivity contribution is 8.00. The third kappa shape index (κ3) is 4.17. The second-order valence-corrected chi connectivity index (χ2v) is 5.86. The van der Waals surface area contributed by atoms with Gasteiger partial charge in [0, 0.05) is 10.8 Å². The molecule has 0 radical (unpaired) electrons. The first-order chi connectivity index (χ1) is 7.91. The minimum Gasteiger partial charge on any atom is -0.392 e. The lowest BCUT2D eigenvalue weighted by Gasteiger charge is -2.14. The third-order valence-corrected chi connectivity index (χ3v) is 4.20. The molecule has 0 saturated carbocycles. The molecule has 0 spiro atoms. The highest BCUT2D eigenvalue weighted by Gasteiger charge is 2.14. The summed E-state index contributed by atoms with van der Waals surface area (Å²) in [7, 11) is 0. The zero-order valence-electron chi connectivity index (χ0n) is 10.9. The minimum atomic E-state index is -0.383. The molecule has 1 aromatic rings. The maximum atomic E-state index is 12.0. The number of aryl methyl sites for hydroxylation is 2. The Kier molecular flexibility index (Phi) is 5.22. The van der Waals surface area contributed by atoms with Crippen LogP contribution in [0.3, 0.4) is 0 Å². The first-order valence-electron chi connectivity index (χ1n) is 5.82. The van der Waals surface area contributed by atoms with Crippen molar-refractivity contribution in [2.75, 3.05) is 5.75 Å². The Hall–Kier alpha value is -0.800. The van der Waals surface area contributed by atoms with Gasteiger partial charge in [-0.05, 0) is 32.4 Å². The fraction of sp³-hybridized carbons (Fsp3) is 0.500. The molecule has 0 saturated heterocycles. The summed E-state index contributed by atoms with van der Waals surface area (Å²) in [5.74, 6) is 0.569. The number of benzene rings is 1. The van der Waals surface area contributed by atoms with Gasteiger partial charge in [-0.15, -0.1) is 11.8 Å². The van der Waals surface area contributed by atoms with E-state index in [-0.39, 0.29) is 17.1 Å². The van der Waals surface area contributed by atoms with Crippen LogP contribution in [0.15, 0.2) is 18.2 Å². The zero-order chi connectivity index (χ0) is 13.0. The van der Waals surface area contributed by atoms with E-state index in [4.69, 9.17) is 0 Å². The molecule has 17 heavy (non-hydrogen) atoms. The van der Waals surface area contributed by atoms with E-state index < -0.39 is 0 Å². The van der Waals surface area contributed by atoms with Crippen LogP contribution in [0.25, 0.3) is 0 Å². The fourth-order valence-electron chi connectivity index (χ4n) is 1.46. The van der Waals surface area contributed by atoms with Crippen LogP contribution in [-0.4, -0.2) is 28.0 Å². The number of Topliss-reactive ketones (excluding diaryl/α,β-unsaturated/α-hetero) is 1. The van der Waals surface area contributed by atoms with Gasteiger partial charge >= 0.3 is 0 Å². The molecule has 0 heterocycles. The van der Waals surface area contributed by atoms with Gasteiger partial charge in [-0.2, -0.15) is 0 Å². The quantitative estimate of drug-likeness (QED) is 0.819. The first-order valence-corrected chi connectivity index (χ1v) is 6.87. The van der Waals surface area contributed by atoms with E-state index in [1.54, 1.807) is 6.92 Å². The molecule has 0 bridgehead atoms. The smallest absolute Gasteiger partial charge is 0.173 e. The number of hydrogen-bond acceptors (Lipinski definition) is 3. The molecular weight excluding hydrogens is 232 g/mol. The Morgan fingerprint density at radius 1 is 1.35 bits per heavy atom. The van der Waals surface area contributed by atoms with Crippen molar-refractivity contribution in [1.29, 1.82) is 0 Å². The standard InChI is InChI=1S/C14H20O2S/c1-9-5-6-10(2)13(7-9)14(16)8-17-12(4)11(3)15/h5-7,11-12,15H,8H2,1-4H3. The van der Waals surface area contributed by atoms with Gasteiger partial charge in [0.05, 0.1) is 11.9 Å². The summed E-state index contributed by atoms with van der Waals surface area (Å²) in [4.78, 5) is 12.0. The monoisotopic (exact) mass is 252 g/mol. The molecule has 3 heteroatoms. The number of ketones is 1. The minimum absolute atomic E-state index is 0.0871. The average molecular weight is 252 g/mol. The predicted octanol–water partition coefficient (Wildman–Crippen LogP) is 2.99. The van der Waals surface area contributed by atoms with Gasteiger partial charge in [0.2, 0.25) is 0 Å². The molecule has 0 aliphatic rings. The van der Waals surface area contributed by atoms with Crippen LogP contribution < -0.4 is 0 Å². The van der Waals surface area contributed by atoms with E-state index in [9.17, 15) is 9.90 Å². The van der Waals surface area contributed by atoms with E-state index in [2.05, 4.69) is 0 Å². The molecule has 0 aliphatic heterocycles. The van der Waals surface area contributed by atoms with Gasteiger partial charge in [-0.1, -0.05) is 24.6 Å². The van der Waals surface area contributed by atoms with Crippen molar-refractivity contribution in [3.63, 3.8) is 0 Å². The molecular formula is C14H20O2S. The van der Waals surface area contributed by atoms with Gasteiger partial charge in [0.25, 0.3) is 0 Å². The number of aliphatic hydroxyl groups is 1. The first kappa shape index (κ1) is 14.3. The molecule has 0 fully saturated rings. The zero-order valence-corrected chi connectivity index (χ0v) is 11.7. The summed E-state index contributed by atoms with van der Waals surface area (Å²) in [6.45, 7) is 7.63. The van der Waals surface area contributed by atoms with Crippen molar-refractivity contribution in [1.82, 2.24) is 0 Å². The Morgan fingerprint density at radius 3 is 2.59 bits per heavy atom. The number of carbonyl (C=O) groups is 1. The van der Waals surface area contributed by atoms with Crippen molar-refractivity contribution in [3.05, 3.63) is 34.9 Å². The van der Waals surface area contributed by atoms with E-state index in [1.165, 1.54) is 11.8 Å². The van der Waals surface area contributed by atoms with E-state index in [1.807, 2.05) is 39.0 Å². The summed E-state index contributed by atoms with van der Waals surface area (Å²) < 4.78 is 0. The van der Waals surface area contributed by atoms with Crippen molar-refractivity contribution in [3.8, 4) is 0 Å².